The molecule has 0 saturated heterocycles. The molecule has 0 heterocycles. The first-order chi connectivity index (χ1) is 8.67. The minimum atomic E-state index is -4.35. The van der Waals surface area contributed by atoms with Crippen LogP contribution in [0.4, 0.5) is 18.9 Å². The number of rotatable bonds is 2. The molecule has 0 bridgehead atoms. The lowest BCUT2D eigenvalue weighted by Crippen LogP contribution is -2.18. The van der Waals surface area contributed by atoms with Crippen molar-refractivity contribution >= 4 is 17.3 Å². The van der Waals surface area contributed by atoms with Gasteiger partial charge in [0.1, 0.15) is 0 Å². The fourth-order valence-electron chi connectivity index (χ4n) is 2.59. The van der Waals surface area contributed by atoms with Crippen LogP contribution in [0.15, 0.2) is 18.2 Å². The van der Waals surface area contributed by atoms with Crippen molar-refractivity contribution in [2.75, 3.05) is 5.32 Å². The summed E-state index contributed by atoms with van der Waals surface area (Å²) >= 11 is 5.92. The number of hydrogen-bond donors (Lipinski definition) is 1. The second kappa shape index (κ2) is 4.89. The van der Waals surface area contributed by atoms with E-state index < -0.39 is 11.7 Å². The van der Waals surface area contributed by atoms with Crippen LogP contribution >= 0.6 is 11.6 Å². The second-order valence-electron chi connectivity index (χ2n) is 5.94. The Morgan fingerprint density at radius 2 is 2.00 bits per heavy atom. The zero-order chi connectivity index (χ0) is 14.3. The predicted molar refractivity (Wildman–Crippen MR) is 71.5 cm³/mol. The van der Waals surface area contributed by atoms with E-state index in [1.54, 1.807) is 0 Å². The van der Waals surface area contributed by atoms with Gasteiger partial charge < -0.3 is 5.32 Å². The Labute approximate surface area is 116 Å². The fraction of sp³-hybridized carbons (Fsp3) is 0.571. The summed E-state index contributed by atoms with van der Waals surface area (Å²) in [7, 11) is 0. The molecule has 1 aliphatic carbocycles. The number of hydrogen-bond acceptors (Lipinski definition) is 1. The third-order valence-electron chi connectivity index (χ3n) is 3.62. The van der Waals surface area contributed by atoms with Crippen LogP contribution in [0.3, 0.4) is 0 Å². The molecule has 1 fully saturated rings. The number of nitrogens with one attached hydrogen (secondary N) is 1. The van der Waals surface area contributed by atoms with Crippen LogP contribution in [-0.2, 0) is 6.18 Å². The first-order valence-electron chi connectivity index (χ1n) is 6.31. The molecular formula is C14H17ClF3N. The minimum Gasteiger partial charge on any atom is -0.381 e. The van der Waals surface area contributed by atoms with Crippen molar-refractivity contribution in [1.82, 2.24) is 0 Å². The smallest absolute Gasteiger partial charge is 0.381 e. The van der Waals surface area contributed by atoms with Gasteiger partial charge in [-0.1, -0.05) is 25.4 Å². The van der Waals surface area contributed by atoms with Gasteiger partial charge in [-0.2, -0.15) is 13.2 Å². The number of benzene rings is 1. The maximum atomic E-state index is 12.5. The highest BCUT2D eigenvalue weighted by Crippen LogP contribution is 2.40. The first kappa shape index (κ1) is 14.5. The Hall–Kier alpha value is -0.900. The maximum absolute atomic E-state index is 12.5. The quantitative estimate of drug-likeness (QED) is 0.774. The summed E-state index contributed by atoms with van der Waals surface area (Å²) in [5.74, 6) is 0. The van der Waals surface area contributed by atoms with Crippen LogP contribution in [0.25, 0.3) is 0 Å². The second-order valence-corrected chi connectivity index (χ2v) is 6.35. The summed E-state index contributed by atoms with van der Waals surface area (Å²) in [6.45, 7) is 4.39. The summed E-state index contributed by atoms with van der Waals surface area (Å²) in [5.41, 5.74) is 0.155. The van der Waals surface area contributed by atoms with Crippen molar-refractivity contribution in [1.29, 1.82) is 0 Å². The Bertz CT molecular complexity index is 468. The van der Waals surface area contributed by atoms with Crippen LogP contribution in [0.2, 0.25) is 5.02 Å². The van der Waals surface area contributed by atoms with E-state index in [0.717, 1.165) is 31.4 Å². The molecule has 1 atom stereocenters. The highest BCUT2D eigenvalue weighted by atomic mass is 35.5. The lowest BCUT2D eigenvalue weighted by Gasteiger charge is -2.19. The zero-order valence-electron chi connectivity index (χ0n) is 10.9. The number of anilines is 1. The molecule has 0 amide bonds. The molecule has 0 spiro atoms. The summed E-state index contributed by atoms with van der Waals surface area (Å²) in [5, 5.41) is 3.37. The molecule has 2 rings (SSSR count). The Kier molecular flexibility index (Phi) is 3.74. The van der Waals surface area contributed by atoms with Gasteiger partial charge in [0.15, 0.2) is 0 Å². The van der Waals surface area contributed by atoms with Crippen molar-refractivity contribution in [2.45, 2.75) is 45.3 Å². The third kappa shape index (κ3) is 3.56. The molecule has 0 aliphatic heterocycles. The zero-order valence-corrected chi connectivity index (χ0v) is 11.7. The van der Waals surface area contributed by atoms with Crippen molar-refractivity contribution in [2.24, 2.45) is 5.41 Å². The molecule has 1 aromatic rings. The van der Waals surface area contributed by atoms with E-state index in [9.17, 15) is 13.2 Å². The Morgan fingerprint density at radius 1 is 1.32 bits per heavy atom. The van der Waals surface area contributed by atoms with Crippen molar-refractivity contribution < 1.29 is 13.2 Å². The molecular weight excluding hydrogens is 275 g/mol. The Balaban J connectivity index is 2.10. The number of halogens is 4. The summed E-state index contributed by atoms with van der Waals surface area (Å²) in [6, 6.07) is 3.73. The van der Waals surface area contributed by atoms with E-state index in [0.29, 0.717) is 5.69 Å². The largest absolute Gasteiger partial charge is 0.416 e. The molecule has 0 radical (unpaired) electrons. The topological polar surface area (TPSA) is 12.0 Å². The van der Waals surface area contributed by atoms with E-state index in [1.807, 2.05) is 0 Å². The molecule has 1 N–H and O–H groups in total. The van der Waals surface area contributed by atoms with Gasteiger partial charge in [0, 0.05) is 6.04 Å². The van der Waals surface area contributed by atoms with Crippen LogP contribution in [0.5, 0.6) is 0 Å². The van der Waals surface area contributed by atoms with Crippen molar-refractivity contribution in [3.8, 4) is 0 Å². The normalized spacial score (nSPS) is 22.5. The number of alkyl halides is 3. The van der Waals surface area contributed by atoms with Gasteiger partial charge in [0.25, 0.3) is 0 Å². The average molecular weight is 292 g/mol. The molecule has 106 valence electrons. The lowest BCUT2D eigenvalue weighted by atomic mass is 9.92. The monoisotopic (exact) mass is 291 g/mol. The molecule has 19 heavy (non-hydrogen) atoms. The highest BCUT2D eigenvalue weighted by Gasteiger charge is 2.33. The van der Waals surface area contributed by atoms with Crippen LogP contribution in [-0.4, -0.2) is 6.04 Å². The first-order valence-corrected chi connectivity index (χ1v) is 6.68. The lowest BCUT2D eigenvalue weighted by molar-refractivity contribution is -0.137. The summed E-state index contributed by atoms with van der Waals surface area (Å²) < 4.78 is 37.6. The fourth-order valence-corrected chi connectivity index (χ4v) is 2.82. The summed E-state index contributed by atoms with van der Waals surface area (Å²) in [6.07, 6.45) is -1.21. The highest BCUT2D eigenvalue weighted by molar-refractivity contribution is 6.33. The maximum Gasteiger partial charge on any atom is 0.416 e. The standard InChI is InChI=1S/C14H17ClF3N/c1-13(2)6-5-10(8-13)19-12-4-3-9(7-11(12)15)14(16,17)18/h3-4,7,10,19H,5-6,8H2,1-2H3. The molecule has 0 aromatic heterocycles. The molecule has 1 aliphatic rings. The van der Waals surface area contributed by atoms with Crippen LogP contribution in [0.1, 0.15) is 38.7 Å². The van der Waals surface area contributed by atoms with Gasteiger partial charge in [-0.3, -0.25) is 0 Å². The van der Waals surface area contributed by atoms with E-state index >= 15 is 0 Å². The SMILES string of the molecule is CC1(C)CCC(Nc2ccc(C(F)(F)F)cc2Cl)C1. The van der Waals surface area contributed by atoms with Crippen LogP contribution in [0, 0.1) is 5.41 Å². The van der Waals surface area contributed by atoms with E-state index in [1.165, 1.54) is 6.07 Å². The van der Waals surface area contributed by atoms with Gasteiger partial charge in [0.2, 0.25) is 0 Å². The van der Waals surface area contributed by atoms with Gasteiger partial charge >= 0.3 is 6.18 Å². The van der Waals surface area contributed by atoms with Gasteiger partial charge in [-0.05, 0) is 42.9 Å². The molecule has 1 unspecified atom stereocenters. The molecule has 1 saturated carbocycles. The molecule has 5 heteroatoms. The predicted octanol–water partition coefficient (Wildman–Crippen LogP) is 5.35. The third-order valence-corrected chi connectivity index (χ3v) is 3.94. The van der Waals surface area contributed by atoms with E-state index in [4.69, 9.17) is 11.6 Å². The van der Waals surface area contributed by atoms with Gasteiger partial charge in [0.05, 0.1) is 16.3 Å². The van der Waals surface area contributed by atoms with E-state index in [2.05, 4.69) is 19.2 Å². The molecule has 1 nitrogen and oxygen atoms in total. The van der Waals surface area contributed by atoms with Crippen molar-refractivity contribution in [3.63, 3.8) is 0 Å². The minimum absolute atomic E-state index is 0.125. The van der Waals surface area contributed by atoms with Gasteiger partial charge in [-0.25, -0.2) is 0 Å². The van der Waals surface area contributed by atoms with Crippen molar-refractivity contribution in [3.05, 3.63) is 28.8 Å². The van der Waals surface area contributed by atoms with E-state index in [-0.39, 0.29) is 16.5 Å². The average Bonchev–Trinajstić information content (AvgIpc) is 2.59. The summed E-state index contributed by atoms with van der Waals surface area (Å²) in [4.78, 5) is 0. The Morgan fingerprint density at radius 3 is 2.47 bits per heavy atom. The van der Waals surface area contributed by atoms with Crippen LogP contribution < -0.4 is 5.32 Å². The molecule has 1 aromatic carbocycles. The van der Waals surface area contributed by atoms with Gasteiger partial charge in [-0.15, -0.1) is 0 Å².